The van der Waals surface area contributed by atoms with Crippen molar-refractivity contribution < 1.29 is 13.9 Å². The van der Waals surface area contributed by atoms with Gasteiger partial charge in [-0.1, -0.05) is 12.1 Å². The van der Waals surface area contributed by atoms with Crippen molar-refractivity contribution in [3.05, 3.63) is 76.0 Å². The number of carbonyl (C=O) groups is 1. The van der Waals surface area contributed by atoms with Crippen molar-refractivity contribution in [2.45, 2.75) is 13.0 Å². The van der Waals surface area contributed by atoms with E-state index >= 15 is 0 Å². The molecule has 0 bridgehead atoms. The lowest BCUT2D eigenvalue weighted by Crippen LogP contribution is -2.16. The zero-order valence-electron chi connectivity index (χ0n) is 13.9. The zero-order valence-corrected chi connectivity index (χ0v) is 14.8. The van der Waals surface area contributed by atoms with Crippen LogP contribution < -0.4 is 15.8 Å². The molecule has 0 spiro atoms. The molecule has 0 saturated carbocycles. The van der Waals surface area contributed by atoms with Crippen molar-refractivity contribution in [2.24, 2.45) is 5.73 Å². The smallest absolute Gasteiger partial charge is 0.271 e. The predicted octanol–water partition coefficient (Wildman–Crippen LogP) is 3.51. The number of benzene rings is 1. The van der Waals surface area contributed by atoms with Gasteiger partial charge in [-0.25, -0.2) is 9.37 Å². The van der Waals surface area contributed by atoms with Crippen molar-refractivity contribution in [3.8, 4) is 11.5 Å². The third-order valence-corrected chi connectivity index (χ3v) is 4.61. The van der Waals surface area contributed by atoms with Crippen molar-refractivity contribution in [1.29, 1.82) is 0 Å². The molecule has 0 aliphatic heterocycles. The first kappa shape index (κ1) is 18.0. The Morgan fingerprint density at radius 3 is 2.85 bits per heavy atom. The Labute approximate surface area is 154 Å². The average molecular weight is 371 g/mol. The monoisotopic (exact) mass is 371 g/mol. The molecule has 3 N–H and O–H groups in total. The van der Waals surface area contributed by atoms with Crippen LogP contribution in [0.15, 0.2) is 54.0 Å². The molecule has 134 valence electrons. The summed E-state index contributed by atoms with van der Waals surface area (Å²) in [6, 6.07) is 11.9. The van der Waals surface area contributed by atoms with Gasteiger partial charge in [0.1, 0.15) is 0 Å². The average Bonchev–Trinajstić information content (AvgIpc) is 3.15. The molecule has 3 rings (SSSR count). The number of hydrogen-bond donors (Lipinski definition) is 2. The van der Waals surface area contributed by atoms with E-state index in [0.717, 1.165) is 18.5 Å². The Morgan fingerprint density at radius 2 is 2.12 bits per heavy atom. The number of nitrogens with zero attached hydrogens (tertiary/aromatic N) is 1. The van der Waals surface area contributed by atoms with Crippen LogP contribution in [0.2, 0.25) is 0 Å². The Bertz CT molecular complexity index is 884. The lowest BCUT2D eigenvalue weighted by atomic mass is 10.2. The topological polar surface area (TPSA) is 77.2 Å². The zero-order chi connectivity index (χ0) is 18.4. The van der Waals surface area contributed by atoms with Crippen LogP contribution >= 0.6 is 11.3 Å². The Morgan fingerprint density at radius 1 is 1.23 bits per heavy atom. The Hall–Kier alpha value is -2.77. The normalized spacial score (nSPS) is 10.7. The molecule has 7 heteroatoms. The minimum atomic E-state index is -0.729. The van der Waals surface area contributed by atoms with Crippen LogP contribution in [0.4, 0.5) is 4.39 Å². The van der Waals surface area contributed by atoms with Crippen LogP contribution in [0.1, 0.15) is 20.9 Å². The van der Waals surface area contributed by atoms with E-state index in [0.29, 0.717) is 6.54 Å². The van der Waals surface area contributed by atoms with Crippen molar-refractivity contribution in [2.75, 3.05) is 6.54 Å². The lowest BCUT2D eigenvalue weighted by Gasteiger charge is -2.10. The van der Waals surface area contributed by atoms with E-state index in [9.17, 15) is 9.18 Å². The van der Waals surface area contributed by atoms with Crippen LogP contribution in [0.25, 0.3) is 0 Å². The molecular weight excluding hydrogens is 353 g/mol. The van der Waals surface area contributed by atoms with Gasteiger partial charge in [-0.15, -0.1) is 11.3 Å². The molecule has 2 heterocycles. The number of primary amides is 1. The van der Waals surface area contributed by atoms with Gasteiger partial charge in [-0.2, -0.15) is 0 Å². The van der Waals surface area contributed by atoms with Gasteiger partial charge in [0.25, 0.3) is 5.91 Å². The maximum atomic E-state index is 14.3. The number of rotatable bonds is 8. The number of hydrogen-bond acceptors (Lipinski definition) is 5. The van der Waals surface area contributed by atoms with Gasteiger partial charge in [-0.05, 0) is 47.7 Å². The molecule has 0 saturated heterocycles. The molecule has 26 heavy (non-hydrogen) atoms. The Kier molecular flexibility index (Phi) is 5.93. The number of aromatic nitrogens is 1. The first-order chi connectivity index (χ1) is 12.6. The third-order valence-electron chi connectivity index (χ3n) is 3.68. The number of halogens is 1. The van der Waals surface area contributed by atoms with Crippen LogP contribution in [0.3, 0.4) is 0 Å². The minimum absolute atomic E-state index is 0.0165. The quantitative estimate of drug-likeness (QED) is 0.594. The van der Waals surface area contributed by atoms with Crippen molar-refractivity contribution >= 4 is 17.2 Å². The number of ether oxygens (including phenoxy) is 1. The van der Waals surface area contributed by atoms with E-state index in [1.54, 1.807) is 23.5 Å². The molecule has 0 aliphatic rings. The SMILES string of the molecule is NC(=O)c1ncccc1Oc1ccc(CNCCc2cccs2)cc1F. The molecule has 5 nitrogen and oxygen atoms in total. The maximum absolute atomic E-state index is 14.3. The fourth-order valence-corrected chi connectivity index (χ4v) is 3.12. The summed E-state index contributed by atoms with van der Waals surface area (Å²) in [4.78, 5) is 16.5. The predicted molar refractivity (Wildman–Crippen MR) is 99.0 cm³/mol. The van der Waals surface area contributed by atoms with E-state index < -0.39 is 11.7 Å². The molecule has 1 aromatic carbocycles. The molecular formula is C19H18FN3O2S. The van der Waals surface area contributed by atoms with Gasteiger partial charge in [0.2, 0.25) is 0 Å². The molecule has 1 amide bonds. The summed E-state index contributed by atoms with van der Waals surface area (Å²) in [5, 5.41) is 5.34. The summed E-state index contributed by atoms with van der Waals surface area (Å²) in [6.45, 7) is 1.38. The van der Waals surface area contributed by atoms with Crippen LogP contribution in [0, 0.1) is 5.82 Å². The molecule has 0 radical (unpaired) electrons. The lowest BCUT2D eigenvalue weighted by molar-refractivity contribution is 0.0993. The molecule has 0 aliphatic carbocycles. The minimum Gasteiger partial charge on any atom is -0.452 e. The first-order valence-corrected chi connectivity index (χ1v) is 8.95. The summed E-state index contributed by atoms with van der Waals surface area (Å²) in [5.74, 6) is -1.10. The van der Waals surface area contributed by atoms with E-state index in [1.807, 2.05) is 6.07 Å². The summed E-state index contributed by atoms with van der Waals surface area (Å²) in [5.41, 5.74) is 6.02. The fraction of sp³-hybridized carbons (Fsp3) is 0.158. The van der Waals surface area contributed by atoms with Gasteiger partial charge in [0, 0.05) is 24.2 Å². The van der Waals surface area contributed by atoms with Crippen LogP contribution in [-0.4, -0.2) is 17.4 Å². The highest BCUT2D eigenvalue weighted by Gasteiger charge is 2.13. The van der Waals surface area contributed by atoms with Gasteiger partial charge in [0.15, 0.2) is 23.0 Å². The Balaban J connectivity index is 1.60. The highest BCUT2D eigenvalue weighted by molar-refractivity contribution is 7.09. The second kappa shape index (κ2) is 8.55. The first-order valence-electron chi connectivity index (χ1n) is 8.07. The van der Waals surface area contributed by atoms with Crippen LogP contribution in [0.5, 0.6) is 11.5 Å². The second-order valence-electron chi connectivity index (χ2n) is 5.59. The third kappa shape index (κ3) is 4.65. The number of carbonyl (C=O) groups excluding carboxylic acids is 1. The van der Waals surface area contributed by atoms with Crippen molar-refractivity contribution in [3.63, 3.8) is 0 Å². The molecule has 2 aromatic heterocycles. The van der Waals surface area contributed by atoms with E-state index in [2.05, 4.69) is 21.7 Å². The largest absolute Gasteiger partial charge is 0.452 e. The molecule has 0 fully saturated rings. The molecule has 0 atom stereocenters. The summed E-state index contributed by atoms with van der Waals surface area (Å²) in [7, 11) is 0. The number of thiophene rings is 1. The van der Waals surface area contributed by atoms with Crippen LogP contribution in [-0.2, 0) is 13.0 Å². The van der Waals surface area contributed by atoms with E-state index in [1.165, 1.54) is 29.3 Å². The number of nitrogens with two attached hydrogens (primary N) is 1. The molecule has 3 aromatic rings. The number of amides is 1. The number of nitrogens with one attached hydrogen (secondary N) is 1. The van der Waals surface area contributed by atoms with Crippen molar-refractivity contribution in [1.82, 2.24) is 10.3 Å². The van der Waals surface area contributed by atoms with Gasteiger partial charge < -0.3 is 15.8 Å². The summed E-state index contributed by atoms with van der Waals surface area (Å²) >= 11 is 1.72. The summed E-state index contributed by atoms with van der Waals surface area (Å²) < 4.78 is 19.8. The summed E-state index contributed by atoms with van der Waals surface area (Å²) in [6.07, 6.45) is 2.37. The maximum Gasteiger partial charge on any atom is 0.271 e. The molecule has 0 unspecified atom stereocenters. The highest BCUT2D eigenvalue weighted by Crippen LogP contribution is 2.27. The van der Waals surface area contributed by atoms with Gasteiger partial charge in [-0.3, -0.25) is 4.79 Å². The second-order valence-corrected chi connectivity index (χ2v) is 6.62. The highest BCUT2D eigenvalue weighted by atomic mass is 32.1. The van der Waals surface area contributed by atoms with Gasteiger partial charge >= 0.3 is 0 Å². The van der Waals surface area contributed by atoms with E-state index in [-0.39, 0.29) is 17.2 Å². The fourth-order valence-electron chi connectivity index (χ4n) is 2.41. The van der Waals surface area contributed by atoms with E-state index in [4.69, 9.17) is 10.5 Å². The van der Waals surface area contributed by atoms with Gasteiger partial charge in [0.05, 0.1) is 0 Å². The number of pyridine rings is 1. The standard InChI is InChI=1S/C19H18FN3O2S/c20-15-11-13(12-22-9-7-14-3-2-10-26-14)5-6-16(15)25-17-4-1-8-23-18(17)19(21)24/h1-6,8,10-11,22H,7,9,12H2,(H2,21,24).